The maximum atomic E-state index is 8.46. The summed E-state index contributed by atoms with van der Waals surface area (Å²) in [5, 5.41) is 9.66. The maximum absolute atomic E-state index is 8.46. The lowest BCUT2D eigenvalue weighted by Crippen LogP contribution is -2.28. The van der Waals surface area contributed by atoms with Crippen LogP contribution in [0.5, 0.6) is 0 Å². The Labute approximate surface area is 234 Å². The van der Waals surface area contributed by atoms with Gasteiger partial charge in [-0.1, -0.05) is 128 Å². The zero-order chi connectivity index (χ0) is 27.1. The molecule has 1 aliphatic carbocycles. The van der Waals surface area contributed by atoms with Crippen LogP contribution in [0, 0.1) is 5.41 Å². The summed E-state index contributed by atoms with van der Waals surface area (Å²) in [4.78, 5) is 0. The van der Waals surface area contributed by atoms with Crippen molar-refractivity contribution in [3.63, 3.8) is 0 Å². The van der Waals surface area contributed by atoms with Gasteiger partial charge in [0.15, 0.2) is 0 Å². The van der Waals surface area contributed by atoms with Crippen LogP contribution < -0.4 is 0 Å². The summed E-state index contributed by atoms with van der Waals surface area (Å²) in [6.07, 6.45) is 5.84. The topological polar surface area (TPSA) is 28.8 Å². The number of nitrogens with one attached hydrogen (secondary N) is 1. The van der Waals surface area contributed by atoms with Gasteiger partial charge in [0.25, 0.3) is 0 Å². The van der Waals surface area contributed by atoms with E-state index in [9.17, 15) is 0 Å². The minimum absolute atomic E-state index is 0.410. The van der Waals surface area contributed by atoms with Gasteiger partial charge >= 0.3 is 0 Å². The molecule has 0 bridgehead atoms. The van der Waals surface area contributed by atoms with Crippen LogP contribution in [-0.2, 0) is 5.41 Å². The van der Waals surface area contributed by atoms with Crippen molar-refractivity contribution in [1.29, 1.82) is 5.41 Å². The largest absolute Gasteiger partial charge is 0.317 e. The second-order valence-electron chi connectivity index (χ2n) is 10.2. The molecular weight excluding hydrogens is 484 g/mol. The molecule has 0 amide bonds. The molecule has 0 fully saturated rings. The molecule has 2 nitrogen and oxygen atoms in total. The standard InChI is InChI=1S/C38H28N2/c1-27(21-23-35(39)28-13-5-2-6-14-28)40-26-25-32-36(40)24-22-34-37(32)31-19-11-12-20-33(31)38(34,29-15-7-3-8-16-29)30-17-9-4-10-18-30/h2-26,39H,1H2/b23-21-,39-35?. The Morgan fingerprint density at radius 3 is 1.90 bits per heavy atom. The van der Waals surface area contributed by atoms with Crippen LogP contribution in [0.4, 0.5) is 0 Å². The van der Waals surface area contributed by atoms with E-state index in [0.717, 1.165) is 16.8 Å². The van der Waals surface area contributed by atoms with Crippen molar-refractivity contribution in [3.05, 3.63) is 186 Å². The third-order valence-electron chi connectivity index (χ3n) is 8.13. The van der Waals surface area contributed by atoms with Gasteiger partial charge in [-0.2, -0.15) is 0 Å². The van der Waals surface area contributed by atoms with Crippen molar-refractivity contribution < 1.29 is 0 Å². The van der Waals surface area contributed by atoms with Gasteiger partial charge in [-0.25, -0.2) is 0 Å². The summed E-state index contributed by atoms with van der Waals surface area (Å²) in [6, 6.07) is 47.1. The maximum Gasteiger partial charge on any atom is 0.0713 e. The molecule has 0 radical (unpaired) electrons. The molecule has 0 saturated heterocycles. The lowest BCUT2D eigenvalue weighted by molar-refractivity contribution is 0.769. The van der Waals surface area contributed by atoms with Crippen LogP contribution in [-0.4, -0.2) is 10.3 Å². The second kappa shape index (κ2) is 9.52. The number of hydrogen-bond acceptors (Lipinski definition) is 1. The first kappa shape index (κ1) is 23.9. The zero-order valence-corrected chi connectivity index (χ0v) is 22.1. The summed E-state index contributed by atoms with van der Waals surface area (Å²) in [7, 11) is 0. The van der Waals surface area contributed by atoms with E-state index in [0.29, 0.717) is 5.71 Å². The molecule has 40 heavy (non-hydrogen) atoms. The van der Waals surface area contributed by atoms with Crippen molar-refractivity contribution >= 4 is 22.3 Å². The number of fused-ring (bicyclic) bond motifs is 5. The average molecular weight is 513 g/mol. The fourth-order valence-electron chi connectivity index (χ4n) is 6.38. The molecule has 1 aromatic heterocycles. The summed E-state index contributed by atoms with van der Waals surface area (Å²) < 4.78 is 2.12. The van der Waals surface area contributed by atoms with Crippen molar-refractivity contribution in [2.24, 2.45) is 0 Å². The molecule has 0 atom stereocenters. The Bertz CT molecular complexity index is 1870. The first-order valence-corrected chi connectivity index (χ1v) is 13.6. The third kappa shape index (κ3) is 3.54. The van der Waals surface area contributed by atoms with Crippen LogP contribution >= 0.6 is 0 Å². The van der Waals surface area contributed by atoms with Crippen LogP contribution in [0.25, 0.3) is 27.7 Å². The van der Waals surface area contributed by atoms with Crippen LogP contribution in [0.1, 0.15) is 27.8 Å². The van der Waals surface area contributed by atoms with E-state index < -0.39 is 5.41 Å². The molecule has 0 aliphatic heterocycles. The minimum atomic E-state index is -0.410. The van der Waals surface area contributed by atoms with Crippen LogP contribution in [0.15, 0.2) is 158 Å². The minimum Gasteiger partial charge on any atom is -0.317 e. The Morgan fingerprint density at radius 2 is 1.23 bits per heavy atom. The number of hydrogen-bond donors (Lipinski definition) is 1. The predicted octanol–water partition coefficient (Wildman–Crippen LogP) is 9.10. The van der Waals surface area contributed by atoms with Gasteiger partial charge in [0.1, 0.15) is 0 Å². The highest BCUT2D eigenvalue weighted by Gasteiger charge is 2.46. The van der Waals surface area contributed by atoms with Gasteiger partial charge < -0.3 is 9.98 Å². The molecule has 190 valence electrons. The van der Waals surface area contributed by atoms with Gasteiger partial charge in [0.2, 0.25) is 0 Å². The Morgan fingerprint density at radius 1 is 0.625 bits per heavy atom. The van der Waals surface area contributed by atoms with Gasteiger partial charge in [-0.3, -0.25) is 0 Å². The highest BCUT2D eigenvalue weighted by atomic mass is 15.0. The molecule has 0 saturated carbocycles. The SMILES string of the molecule is C=C(/C=C\C(=N)c1ccccc1)n1ccc2c3c(ccc21)C(c1ccccc1)(c1ccccc1)c1ccccc1-3. The van der Waals surface area contributed by atoms with Crippen LogP contribution in [0.2, 0.25) is 0 Å². The molecule has 1 aliphatic rings. The summed E-state index contributed by atoms with van der Waals surface area (Å²) in [5.41, 5.74) is 10.5. The number of aromatic nitrogens is 1. The van der Waals surface area contributed by atoms with Gasteiger partial charge in [-0.05, 0) is 63.2 Å². The lowest BCUT2D eigenvalue weighted by Gasteiger charge is -2.33. The van der Waals surface area contributed by atoms with E-state index >= 15 is 0 Å². The molecule has 0 spiro atoms. The first-order valence-electron chi connectivity index (χ1n) is 13.6. The summed E-state index contributed by atoms with van der Waals surface area (Å²) >= 11 is 0. The third-order valence-corrected chi connectivity index (χ3v) is 8.13. The van der Waals surface area contributed by atoms with E-state index in [1.165, 1.54) is 38.8 Å². The summed E-state index contributed by atoms with van der Waals surface area (Å²) in [6.45, 7) is 4.35. The van der Waals surface area contributed by atoms with E-state index in [1.807, 2.05) is 42.5 Å². The molecule has 1 N–H and O–H groups in total. The quantitative estimate of drug-likeness (QED) is 0.170. The molecule has 0 unspecified atom stereocenters. The zero-order valence-electron chi connectivity index (χ0n) is 22.1. The van der Waals surface area contributed by atoms with E-state index in [1.54, 1.807) is 0 Å². The summed E-state index contributed by atoms with van der Waals surface area (Å²) in [5.74, 6) is 0. The fraction of sp³-hybridized carbons (Fsp3) is 0.0263. The van der Waals surface area contributed by atoms with Crippen molar-refractivity contribution in [2.45, 2.75) is 5.41 Å². The lowest BCUT2D eigenvalue weighted by atomic mass is 9.67. The Kier molecular flexibility index (Phi) is 5.68. The monoisotopic (exact) mass is 512 g/mol. The Hall–Kier alpha value is -5.21. The Balaban J connectivity index is 1.41. The second-order valence-corrected chi connectivity index (χ2v) is 10.2. The van der Waals surface area contributed by atoms with Gasteiger partial charge in [0.05, 0.1) is 16.6 Å². The van der Waals surface area contributed by atoms with Gasteiger partial charge in [-0.15, -0.1) is 0 Å². The average Bonchev–Trinajstić information content (AvgIpc) is 3.59. The molecule has 5 aromatic carbocycles. The molecule has 1 heterocycles. The number of benzene rings is 5. The molecule has 7 rings (SSSR count). The molecule has 6 aromatic rings. The number of nitrogens with zero attached hydrogens (tertiary/aromatic N) is 1. The highest BCUT2D eigenvalue weighted by Crippen LogP contribution is 2.57. The normalized spacial score (nSPS) is 13.3. The van der Waals surface area contributed by atoms with E-state index in [4.69, 9.17) is 5.41 Å². The molecule has 2 heteroatoms. The van der Waals surface area contributed by atoms with Crippen molar-refractivity contribution in [2.75, 3.05) is 0 Å². The van der Waals surface area contributed by atoms with Crippen molar-refractivity contribution in [3.8, 4) is 11.1 Å². The smallest absolute Gasteiger partial charge is 0.0713 e. The fourth-order valence-corrected chi connectivity index (χ4v) is 6.38. The number of rotatable bonds is 6. The molecular formula is C38H28N2. The van der Waals surface area contributed by atoms with E-state index in [-0.39, 0.29) is 0 Å². The first-order chi connectivity index (χ1) is 19.7. The van der Waals surface area contributed by atoms with E-state index in [2.05, 4.69) is 120 Å². The number of allylic oxidation sites excluding steroid dienone is 3. The van der Waals surface area contributed by atoms with Crippen LogP contribution in [0.3, 0.4) is 0 Å². The highest BCUT2D eigenvalue weighted by molar-refractivity contribution is 6.08. The van der Waals surface area contributed by atoms with Gasteiger partial charge in [0, 0.05) is 17.3 Å². The predicted molar refractivity (Wildman–Crippen MR) is 167 cm³/mol. The van der Waals surface area contributed by atoms with Crippen molar-refractivity contribution in [1.82, 2.24) is 4.57 Å².